The van der Waals surface area contributed by atoms with Gasteiger partial charge in [-0.2, -0.15) is 0 Å². The second-order valence-corrected chi connectivity index (χ2v) is 3.66. The average Bonchev–Trinajstić information content (AvgIpc) is 2.76. The average molecular weight is 211 g/mol. The molecule has 0 saturated carbocycles. The highest BCUT2D eigenvalue weighted by atomic mass is 16.5. The Labute approximate surface area is 91.8 Å². The highest BCUT2D eigenvalue weighted by Crippen LogP contribution is 2.11. The van der Waals surface area contributed by atoms with Crippen LogP contribution in [0.3, 0.4) is 0 Å². The Morgan fingerprint density at radius 3 is 3.00 bits per heavy atom. The van der Waals surface area contributed by atoms with Crippen molar-refractivity contribution in [2.45, 2.75) is 32.7 Å². The molecule has 0 saturated heterocycles. The molecule has 1 aromatic heterocycles. The van der Waals surface area contributed by atoms with E-state index in [1.165, 1.54) is 6.42 Å². The van der Waals surface area contributed by atoms with E-state index in [1.54, 1.807) is 6.26 Å². The third-order valence-electron chi connectivity index (χ3n) is 2.31. The maximum Gasteiger partial charge on any atom is 0.120 e. The van der Waals surface area contributed by atoms with Gasteiger partial charge in [0.15, 0.2) is 0 Å². The molecule has 0 fully saturated rings. The fourth-order valence-electron chi connectivity index (χ4n) is 1.33. The van der Waals surface area contributed by atoms with Crippen LogP contribution in [0.2, 0.25) is 0 Å². The van der Waals surface area contributed by atoms with E-state index in [0.29, 0.717) is 0 Å². The van der Waals surface area contributed by atoms with Gasteiger partial charge in [-0.15, -0.1) is 0 Å². The van der Waals surface area contributed by atoms with Gasteiger partial charge < -0.3 is 14.5 Å². The standard InChI is InChI=1S/C12H21NO2/c1-3-4-8-14-10-7-13-11(2)12-6-5-9-15-12/h5-6,9,11,13H,3-4,7-8,10H2,1-2H3/t11-/m1/s1. The van der Waals surface area contributed by atoms with E-state index in [0.717, 1.165) is 31.9 Å². The van der Waals surface area contributed by atoms with Crippen LogP contribution in [0.1, 0.15) is 38.5 Å². The van der Waals surface area contributed by atoms with Crippen LogP contribution < -0.4 is 5.32 Å². The van der Waals surface area contributed by atoms with Crippen molar-refractivity contribution < 1.29 is 9.15 Å². The van der Waals surface area contributed by atoms with Gasteiger partial charge in [-0.25, -0.2) is 0 Å². The molecular formula is C12H21NO2. The first-order chi connectivity index (χ1) is 7.34. The molecule has 1 N–H and O–H groups in total. The Morgan fingerprint density at radius 1 is 1.47 bits per heavy atom. The summed E-state index contributed by atoms with van der Waals surface area (Å²) in [6.07, 6.45) is 4.04. The van der Waals surface area contributed by atoms with Crippen molar-refractivity contribution in [3.8, 4) is 0 Å². The van der Waals surface area contributed by atoms with Gasteiger partial charge in [0, 0.05) is 13.2 Å². The van der Waals surface area contributed by atoms with Crippen LogP contribution in [0, 0.1) is 0 Å². The topological polar surface area (TPSA) is 34.4 Å². The molecule has 1 aromatic rings. The Hall–Kier alpha value is -0.800. The molecule has 1 rings (SSSR count). The summed E-state index contributed by atoms with van der Waals surface area (Å²) in [4.78, 5) is 0. The van der Waals surface area contributed by atoms with Crippen molar-refractivity contribution in [1.82, 2.24) is 5.32 Å². The van der Waals surface area contributed by atoms with Crippen molar-refractivity contribution in [2.24, 2.45) is 0 Å². The van der Waals surface area contributed by atoms with Crippen LogP contribution in [0.15, 0.2) is 22.8 Å². The number of nitrogens with one attached hydrogen (secondary N) is 1. The third-order valence-corrected chi connectivity index (χ3v) is 2.31. The fourth-order valence-corrected chi connectivity index (χ4v) is 1.33. The minimum atomic E-state index is 0.259. The molecule has 1 heterocycles. The number of rotatable bonds is 8. The predicted molar refractivity (Wildman–Crippen MR) is 60.9 cm³/mol. The van der Waals surface area contributed by atoms with E-state index in [-0.39, 0.29) is 6.04 Å². The van der Waals surface area contributed by atoms with Crippen LogP contribution in [0.5, 0.6) is 0 Å². The van der Waals surface area contributed by atoms with E-state index in [4.69, 9.17) is 9.15 Å². The number of hydrogen-bond acceptors (Lipinski definition) is 3. The lowest BCUT2D eigenvalue weighted by Crippen LogP contribution is -2.23. The summed E-state index contributed by atoms with van der Waals surface area (Å²) in [6, 6.07) is 4.15. The molecule has 0 aliphatic heterocycles. The van der Waals surface area contributed by atoms with Gasteiger partial charge in [0.05, 0.1) is 18.9 Å². The summed E-state index contributed by atoms with van der Waals surface area (Å²) in [5.41, 5.74) is 0. The first-order valence-electron chi connectivity index (χ1n) is 5.69. The Balaban J connectivity index is 2.00. The van der Waals surface area contributed by atoms with Crippen LogP contribution in [0.25, 0.3) is 0 Å². The zero-order valence-corrected chi connectivity index (χ0v) is 9.66. The molecule has 0 aliphatic carbocycles. The van der Waals surface area contributed by atoms with Gasteiger partial charge in [0.1, 0.15) is 5.76 Å². The van der Waals surface area contributed by atoms with Crippen LogP contribution in [-0.4, -0.2) is 19.8 Å². The third kappa shape index (κ3) is 5.00. The fraction of sp³-hybridized carbons (Fsp3) is 0.667. The first kappa shape index (κ1) is 12.3. The quantitative estimate of drug-likeness (QED) is 0.671. The lowest BCUT2D eigenvalue weighted by atomic mass is 10.2. The lowest BCUT2D eigenvalue weighted by Gasteiger charge is -2.11. The summed E-state index contributed by atoms with van der Waals surface area (Å²) in [5, 5.41) is 3.34. The summed E-state index contributed by atoms with van der Waals surface area (Å²) in [7, 11) is 0. The lowest BCUT2D eigenvalue weighted by molar-refractivity contribution is 0.130. The maximum absolute atomic E-state index is 5.45. The highest BCUT2D eigenvalue weighted by molar-refractivity contribution is 5.02. The minimum absolute atomic E-state index is 0.259. The zero-order chi connectivity index (χ0) is 10.9. The van der Waals surface area contributed by atoms with E-state index >= 15 is 0 Å². The van der Waals surface area contributed by atoms with E-state index in [9.17, 15) is 0 Å². The number of unbranched alkanes of at least 4 members (excludes halogenated alkanes) is 1. The highest BCUT2D eigenvalue weighted by Gasteiger charge is 2.05. The SMILES string of the molecule is CCCCOCCN[C@H](C)c1ccco1. The van der Waals surface area contributed by atoms with Gasteiger partial charge in [-0.3, -0.25) is 0 Å². The van der Waals surface area contributed by atoms with E-state index < -0.39 is 0 Å². The molecular weight excluding hydrogens is 190 g/mol. The summed E-state index contributed by atoms with van der Waals surface area (Å²) >= 11 is 0. The van der Waals surface area contributed by atoms with E-state index in [1.807, 2.05) is 12.1 Å². The van der Waals surface area contributed by atoms with Gasteiger partial charge in [-0.1, -0.05) is 13.3 Å². The molecule has 3 heteroatoms. The second kappa shape index (κ2) is 7.49. The molecule has 0 bridgehead atoms. The first-order valence-corrected chi connectivity index (χ1v) is 5.69. The predicted octanol–water partition coefficient (Wildman–Crippen LogP) is 2.75. The number of ether oxygens (including phenoxy) is 1. The summed E-state index contributed by atoms with van der Waals surface area (Å²) < 4.78 is 10.7. The van der Waals surface area contributed by atoms with Gasteiger partial charge >= 0.3 is 0 Å². The largest absolute Gasteiger partial charge is 0.468 e. The Kier molecular flexibility index (Phi) is 6.12. The molecule has 86 valence electrons. The van der Waals surface area contributed by atoms with Gasteiger partial charge in [0.25, 0.3) is 0 Å². The molecule has 0 aliphatic rings. The molecule has 1 atom stereocenters. The minimum Gasteiger partial charge on any atom is -0.468 e. The smallest absolute Gasteiger partial charge is 0.120 e. The van der Waals surface area contributed by atoms with Gasteiger partial charge in [-0.05, 0) is 25.5 Å². The monoisotopic (exact) mass is 211 g/mol. The number of hydrogen-bond donors (Lipinski definition) is 1. The normalized spacial score (nSPS) is 12.9. The molecule has 0 aromatic carbocycles. The molecule has 0 unspecified atom stereocenters. The van der Waals surface area contributed by atoms with Crippen LogP contribution >= 0.6 is 0 Å². The van der Waals surface area contributed by atoms with Crippen molar-refractivity contribution in [3.05, 3.63) is 24.2 Å². The molecule has 0 radical (unpaired) electrons. The van der Waals surface area contributed by atoms with Crippen molar-refractivity contribution >= 4 is 0 Å². The van der Waals surface area contributed by atoms with Crippen LogP contribution in [-0.2, 0) is 4.74 Å². The van der Waals surface area contributed by atoms with Crippen molar-refractivity contribution in [1.29, 1.82) is 0 Å². The van der Waals surface area contributed by atoms with E-state index in [2.05, 4.69) is 19.2 Å². The van der Waals surface area contributed by atoms with Crippen molar-refractivity contribution in [2.75, 3.05) is 19.8 Å². The molecule has 0 spiro atoms. The summed E-state index contributed by atoms with van der Waals surface area (Å²) in [5.74, 6) is 0.976. The van der Waals surface area contributed by atoms with Crippen molar-refractivity contribution in [3.63, 3.8) is 0 Å². The Morgan fingerprint density at radius 2 is 2.33 bits per heavy atom. The molecule has 0 amide bonds. The van der Waals surface area contributed by atoms with Crippen LogP contribution in [0.4, 0.5) is 0 Å². The van der Waals surface area contributed by atoms with Gasteiger partial charge in [0.2, 0.25) is 0 Å². The zero-order valence-electron chi connectivity index (χ0n) is 9.66. The Bertz CT molecular complexity index is 234. The maximum atomic E-state index is 5.45. The summed E-state index contributed by atoms with van der Waals surface area (Å²) in [6.45, 7) is 6.76. The molecule has 15 heavy (non-hydrogen) atoms. The second-order valence-electron chi connectivity index (χ2n) is 3.66. The molecule has 3 nitrogen and oxygen atoms in total. The number of furan rings is 1.